The standard InChI is InChI=1S/C12H18N2O3/c1-14(6-7-15)12(16)13-9-10-4-3-5-11(8-10)17-2/h3-5,8,15H,6-7,9H2,1-2H3,(H,13,16). The van der Waals surface area contributed by atoms with Gasteiger partial charge in [0.1, 0.15) is 5.75 Å². The predicted molar refractivity (Wildman–Crippen MR) is 64.9 cm³/mol. The summed E-state index contributed by atoms with van der Waals surface area (Å²) in [5.41, 5.74) is 0.968. The fraction of sp³-hybridized carbons (Fsp3) is 0.417. The molecular weight excluding hydrogens is 220 g/mol. The molecule has 0 bridgehead atoms. The molecular formula is C12H18N2O3. The number of ether oxygens (including phenoxy) is 1. The quantitative estimate of drug-likeness (QED) is 0.798. The van der Waals surface area contributed by atoms with Crippen LogP contribution in [0.25, 0.3) is 0 Å². The number of methoxy groups -OCH3 is 1. The summed E-state index contributed by atoms with van der Waals surface area (Å²) in [6, 6.07) is 7.30. The summed E-state index contributed by atoms with van der Waals surface area (Å²) >= 11 is 0. The number of benzene rings is 1. The number of hydrogen-bond acceptors (Lipinski definition) is 3. The number of urea groups is 1. The predicted octanol–water partition coefficient (Wildman–Crippen LogP) is 0.829. The van der Waals surface area contributed by atoms with Crippen LogP contribution in [-0.2, 0) is 6.54 Å². The Hall–Kier alpha value is -1.75. The average Bonchev–Trinajstić information content (AvgIpc) is 2.36. The van der Waals surface area contributed by atoms with Crippen LogP contribution in [0, 0.1) is 0 Å². The highest BCUT2D eigenvalue weighted by atomic mass is 16.5. The van der Waals surface area contributed by atoms with Crippen LogP contribution in [0.3, 0.4) is 0 Å². The molecule has 94 valence electrons. The molecule has 5 heteroatoms. The van der Waals surface area contributed by atoms with Crippen LogP contribution in [0.4, 0.5) is 4.79 Å². The number of likely N-dealkylation sites (N-methyl/N-ethyl adjacent to an activating group) is 1. The molecule has 17 heavy (non-hydrogen) atoms. The monoisotopic (exact) mass is 238 g/mol. The molecule has 0 atom stereocenters. The first-order valence-electron chi connectivity index (χ1n) is 5.40. The Morgan fingerprint density at radius 2 is 2.29 bits per heavy atom. The highest BCUT2D eigenvalue weighted by Crippen LogP contribution is 2.12. The van der Waals surface area contributed by atoms with Crippen molar-refractivity contribution in [1.82, 2.24) is 10.2 Å². The number of nitrogens with zero attached hydrogens (tertiary/aromatic N) is 1. The lowest BCUT2D eigenvalue weighted by Crippen LogP contribution is -2.38. The fourth-order valence-electron chi connectivity index (χ4n) is 1.35. The van der Waals surface area contributed by atoms with E-state index in [-0.39, 0.29) is 12.6 Å². The number of hydrogen-bond donors (Lipinski definition) is 2. The summed E-state index contributed by atoms with van der Waals surface area (Å²) < 4.78 is 5.09. The summed E-state index contributed by atoms with van der Waals surface area (Å²) in [6.07, 6.45) is 0. The van der Waals surface area contributed by atoms with Gasteiger partial charge >= 0.3 is 6.03 Å². The summed E-state index contributed by atoms with van der Waals surface area (Å²) in [5.74, 6) is 0.764. The molecule has 0 heterocycles. The van der Waals surface area contributed by atoms with E-state index >= 15 is 0 Å². The zero-order valence-electron chi connectivity index (χ0n) is 10.1. The van der Waals surface area contributed by atoms with Gasteiger partial charge in [-0.05, 0) is 17.7 Å². The zero-order chi connectivity index (χ0) is 12.7. The Morgan fingerprint density at radius 1 is 1.53 bits per heavy atom. The molecule has 0 fully saturated rings. The molecule has 0 aliphatic heterocycles. The molecule has 0 saturated carbocycles. The highest BCUT2D eigenvalue weighted by Gasteiger charge is 2.06. The van der Waals surface area contributed by atoms with E-state index < -0.39 is 0 Å². The van der Waals surface area contributed by atoms with Crippen molar-refractivity contribution >= 4 is 6.03 Å². The summed E-state index contributed by atoms with van der Waals surface area (Å²) in [5, 5.41) is 11.5. The molecule has 0 aromatic heterocycles. The smallest absolute Gasteiger partial charge is 0.317 e. The molecule has 2 N–H and O–H groups in total. The van der Waals surface area contributed by atoms with Gasteiger partial charge in [-0.15, -0.1) is 0 Å². The normalized spacial score (nSPS) is 9.82. The number of rotatable bonds is 5. The van der Waals surface area contributed by atoms with Crippen LogP contribution in [0.2, 0.25) is 0 Å². The second-order valence-corrected chi connectivity index (χ2v) is 3.66. The van der Waals surface area contributed by atoms with Crippen LogP contribution in [0.1, 0.15) is 5.56 Å². The van der Waals surface area contributed by atoms with Gasteiger partial charge in [-0.25, -0.2) is 4.79 Å². The van der Waals surface area contributed by atoms with Gasteiger partial charge in [-0.1, -0.05) is 12.1 Å². The maximum Gasteiger partial charge on any atom is 0.317 e. The Labute approximate surface area is 101 Å². The van der Waals surface area contributed by atoms with Crippen molar-refractivity contribution in [3.63, 3.8) is 0 Å². The van der Waals surface area contributed by atoms with E-state index in [1.807, 2.05) is 24.3 Å². The van der Waals surface area contributed by atoms with Crippen molar-refractivity contribution in [2.75, 3.05) is 27.3 Å². The number of nitrogens with one attached hydrogen (secondary N) is 1. The Bertz CT molecular complexity index is 369. The Morgan fingerprint density at radius 3 is 2.94 bits per heavy atom. The maximum absolute atomic E-state index is 11.5. The number of carbonyl (C=O) groups excluding carboxylic acids is 1. The number of aliphatic hydroxyl groups is 1. The molecule has 0 unspecified atom stereocenters. The first-order valence-corrected chi connectivity index (χ1v) is 5.40. The molecule has 0 spiro atoms. The van der Waals surface area contributed by atoms with Crippen LogP contribution in [0.15, 0.2) is 24.3 Å². The van der Waals surface area contributed by atoms with Gasteiger partial charge in [0.15, 0.2) is 0 Å². The van der Waals surface area contributed by atoms with Crippen LogP contribution >= 0.6 is 0 Å². The maximum atomic E-state index is 11.5. The topological polar surface area (TPSA) is 61.8 Å². The van der Waals surface area contributed by atoms with Gasteiger partial charge in [-0.2, -0.15) is 0 Å². The molecule has 0 saturated heterocycles. The van der Waals surface area contributed by atoms with Gasteiger partial charge < -0.3 is 20.1 Å². The first-order chi connectivity index (χ1) is 8.17. The molecule has 1 aromatic carbocycles. The van der Waals surface area contributed by atoms with E-state index in [1.54, 1.807) is 14.2 Å². The van der Waals surface area contributed by atoms with E-state index in [0.717, 1.165) is 11.3 Å². The molecule has 1 rings (SSSR count). The molecule has 0 aliphatic rings. The zero-order valence-corrected chi connectivity index (χ0v) is 10.1. The minimum Gasteiger partial charge on any atom is -0.497 e. The Balaban J connectivity index is 2.46. The summed E-state index contributed by atoms with van der Waals surface area (Å²) in [6.45, 7) is 0.721. The van der Waals surface area contributed by atoms with Crippen LogP contribution in [0.5, 0.6) is 5.75 Å². The third kappa shape index (κ3) is 4.32. The molecule has 2 amide bonds. The van der Waals surface area contributed by atoms with Crippen LogP contribution < -0.4 is 10.1 Å². The van der Waals surface area contributed by atoms with Gasteiger partial charge in [0.05, 0.1) is 13.7 Å². The van der Waals surface area contributed by atoms with Gasteiger partial charge in [0, 0.05) is 20.1 Å². The van der Waals surface area contributed by atoms with E-state index in [2.05, 4.69) is 5.32 Å². The van der Waals surface area contributed by atoms with E-state index in [4.69, 9.17) is 9.84 Å². The molecule has 0 radical (unpaired) electrons. The summed E-state index contributed by atoms with van der Waals surface area (Å²) in [4.78, 5) is 13.0. The van der Waals surface area contributed by atoms with Crippen LogP contribution in [-0.4, -0.2) is 43.3 Å². The number of amides is 2. The second-order valence-electron chi connectivity index (χ2n) is 3.66. The number of aliphatic hydroxyl groups excluding tert-OH is 1. The lowest BCUT2D eigenvalue weighted by atomic mass is 10.2. The SMILES string of the molecule is COc1cccc(CNC(=O)N(C)CCO)c1. The van der Waals surface area contributed by atoms with E-state index in [0.29, 0.717) is 13.1 Å². The van der Waals surface area contributed by atoms with Crippen molar-refractivity contribution < 1.29 is 14.6 Å². The number of carbonyl (C=O) groups is 1. The molecule has 5 nitrogen and oxygen atoms in total. The fourth-order valence-corrected chi connectivity index (χ4v) is 1.35. The minimum atomic E-state index is -0.207. The van der Waals surface area contributed by atoms with Gasteiger partial charge in [-0.3, -0.25) is 0 Å². The highest BCUT2D eigenvalue weighted by molar-refractivity contribution is 5.73. The van der Waals surface area contributed by atoms with E-state index in [9.17, 15) is 4.79 Å². The lowest BCUT2D eigenvalue weighted by Gasteiger charge is -2.16. The van der Waals surface area contributed by atoms with Gasteiger partial charge in [0.2, 0.25) is 0 Å². The summed E-state index contributed by atoms with van der Waals surface area (Å²) in [7, 11) is 3.24. The third-order valence-electron chi connectivity index (χ3n) is 2.36. The first kappa shape index (κ1) is 13.3. The van der Waals surface area contributed by atoms with Crippen molar-refractivity contribution in [1.29, 1.82) is 0 Å². The van der Waals surface area contributed by atoms with E-state index in [1.165, 1.54) is 4.90 Å². The largest absolute Gasteiger partial charge is 0.497 e. The van der Waals surface area contributed by atoms with Crippen molar-refractivity contribution in [2.45, 2.75) is 6.54 Å². The lowest BCUT2D eigenvalue weighted by molar-refractivity contribution is 0.190. The second kappa shape index (κ2) is 6.75. The average molecular weight is 238 g/mol. The Kier molecular flexibility index (Phi) is 5.29. The minimum absolute atomic E-state index is 0.0386. The third-order valence-corrected chi connectivity index (χ3v) is 2.36. The molecule has 1 aromatic rings. The van der Waals surface area contributed by atoms with Gasteiger partial charge in [0.25, 0.3) is 0 Å². The van der Waals surface area contributed by atoms with Crippen molar-refractivity contribution in [3.05, 3.63) is 29.8 Å². The van der Waals surface area contributed by atoms with Crippen molar-refractivity contribution in [3.8, 4) is 5.75 Å². The molecule has 0 aliphatic carbocycles. The van der Waals surface area contributed by atoms with Crippen molar-refractivity contribution in [2.24, 2.45) is 0 Å².